The third-order valence-electron chi connectivity index (χ3n) is 4.82. The Labute approximate surface area is 160 Å². The van der Waals surface area contributed by atoms with Crippen LogP contribution in [0.1, 0.15) is 119 Å². The van der Waals surface area contributed by atoms with Gasteiger partial charge < -0.3 is 5.11 Å². The van der Waals surface area contributed by atoms with Crippen LogP contribution in [-0.4, -0.2) is 35.7 Å². The summed E-state index contributed by atoms with van der Waals surface area (Å²) in [5, 5.41) is 8.81. The smallest absolute Gasteiger partial charge is 0.0558 e. The number of rotatable bonds is 16. The van der Waals surface area contributed by atoms with Gasteiger partial charge in [-0.2, -0.15) is 0 Å². The van der Waals surface area contributed by atoms with E-state index in [1.54, 1.807) is 0 Å². The number of unbranched alkanes of at least 4 members (excludes halogenated alkanes) is 10. The lowest BCUT2D eigenvalue weighted by molar-refractivity contribution is 0.159. The van der Waals surface area contributed by atoms with Gasteiger partial charge in [-0.25, -0.2) is 0 Å². The molecule has 0 aromatic heterocycles. The van der Waals surface area contributed by atoms with E-state index in [-0.39, 0.29) is 6.61 Å². The Kier molecular flexibility index (Phi) is 23.8. The summed E-state index contributed by atoms with van der Waals surface area (Å²) < 4.78 is 0. The predicted octanol–water partition coefficient (Wildman–Crippen LogP) is 7.05. The van der Waals surface area contributed by atoms with Crippen molar-refractivity contribution in [3.8, 4) is 0 Å². The highest BCUT2D eigenvalue weighted by atomic mass is 16.3. The van der Waals surface area contributed by atoms with E-state index < -0.39 is 0 Å². The molecule has 0 aliphatic rings. The summed E-state index contributed by atoms with van der Waals surface area (Å²) in [5.41, 5.74) is 0. The third-order valence-corrected chi connectivity index (χ3v) is 4.82. The predicted molar refractivity (Wildman–Crippen MR) is 115 cm³/mol. The Morgan fingerprint density at radius 1 is 0.640 bits per heavy atom. The molecule has 1 N–H and O–H groups in total. The van der Waals surface area contributed by atoms with Gasteiger partial charge in [0.1, 0.15) is 0 Å². The molecule has 0 spiro atoms. The zero-order valence-corrected chi connectivity index (χ0v) is 18.7. The van der Waals surface area contributed by atoms with Crippen molar-refractivity contribution in [3.05, 3.63) is 0 Å². The highest BCUT2D eigenvalue weighted by molar-refractivity contribution is 4.62. The molecule has 0 saturated heterocycles. The van der Waals surface area contributed by atoms with Gasteiger partial charge in [-0.1, -0.05) is 98.3 Å². The Hall–Kier alpha value is -0.0800. The van der Waals surface area contributed by atoms with Gasteiger partial charge in [0.25, 0.3) is 0 Å². The fraction of sp³-hybridized carbons (Fsp3) is 1.00. The van der Waals surface area contributed by atoms with Crippen LogP contribution in [0.15, 0.2) is 0 Å². The van der Waals surface area contributed by atoms with Crippen LogP contribution < -0.4 is 0 Å². The van der Waals surface area contributed by atoms with Gasteiger partial charge >= 0.3 is 0 Å². The van der Waals surface area contributed by atoms with Gasteiger partial charge in [-0.3, -0.25) is 4.90 Å². The maximum Gasteiger partial charge on any atom is 0.0558 e. The molecular weight excluding hydrogens is 306 g/mol. The Bertz CT molecular complexity index is 218. The van der Waals surface area contributed by atoms with Crippen molar-refractivity contribution in [2.75, 3.05) is 19.7 Å². The monoisotopic (exact) mass is 357 g/mol. The first-order valence-electron chi connectivity index (χ1n) is 11.3. The summed E-state index contributed by atoms with van der Waals surface area (Å²) in [6.07, 6.45) is 17.2. The van der Waals surface area contributed by atoms with E-state index in [9.17, 15) is 0 Å². The highest BCUT2D eigenvalue weighted by Crippen LogP contribution is 2.10. The van der Waals surface area contributed by atoms with Crippen LogP contribution in [0, 0.1) is 5.92 Å². The third kappa shape index (κ3) is 23.9. The normalized spacial score (nSPS) is 11.3. The molecule has 0 aromatic rings. The van der Waals surface area contributed by atoms with Crippen molar-refractivity contribution in [2.24, 2.45) is 5.92 Å². The topological polar surface area (TPSA) is 23.5 Å². The van der Waals surface area contributed by atoms with Gasteiger partial charge in [0.2, 0.25) is 0 Å². The fourth-order valence-electron chi connectivity index (χ4n) is 2.92. The van der Waals surface area contributed by atoms with E-state index in [4.69, 9.17) is 5.11 Å². The summed E-state index contributed by atoms with van der Waals surface area (Å²) >= 11 is 0. The minimum absolute atomic E-state index is 0.274. The first kappa shape index (κ1) is 27.1. The Morgan fingerprint density at radius 3 is 1.32 bits per heavy atom. The van der Waals surface area contributed by atoms with Crippen LogP contribution in [0.2, 0.25) is 0 Å². The molecule has 154 valence electrons. The average molecular weight is 358 g/mol. The fourth-order valence-corrected chi connectivity index (χ4v) is 2.92. The van der Waals surface area contributed by atoms with E-state index in [2.05, 4.69) is 46.4 Å². The Morgan fingerprint density at radius 2 is 1.04 bits per heavy atom. The summed E-state index contributed by atoms with van der Waals surface area (Å²) in [6.45, 7) is 15.6. The number of aliphatic hydroxyl groups excluding tert-OH is 1. The molecule has 0 heterocycles. The molecule has 25 heavy (non-hydrogen) atoms. The van der Waals surface area contributed by atoms with Crippen molar-refractivity contribution in [1.82, 2.24) is 4.90 Å². The highest BCUT2D eigenvalue weighted by Gasteiger charge is 2.08. The summed E-state index contributed by atoms with van der Waals surface area (Å²) in [6, 6.07) is 0.552. The maximum atomic E-state index is 8.81. The second-order valence-corrected chi connectivity index (χ2v) is 8.22. The summed E-state index contributed by atoms with van der Waals surface area (Å²) in [4.78, 5) is 2.32. The second-order valence-electron chi connectivity index (χ2n) is 8.22. The van der Waals surface area contributed by atoms with Crippen LogP contribution in [-0.2, 0) is 0 Å². The average Bonchev–Trinajstić information content (AvgIpc) is 2.57. The van der Waals surface area contributed by atoms with Crippen LogP contribution >= 0.6 is 0 Å². The van der Waals surface area contributed by atoms with E-state index in [1.165, 1.54) is 77.0 Å². The number of hydrogen-bond donors (Lipinski definition) is 1. The van der Waals surface area contributed by atoms with Crippen molar-refractivity contribution >= 4 is 0 Å². The Balaban J connectivity index is 0. The quantitative estimate of drug-likeness (QED) is 0.299. The molecule has 0 radical (unpaired) electrons. The van der Waals surface area contributed by atoms with Crippen LogP contribution in [0.4, 0.5) is 0 Å². The first-order chi connectivity index (χ1) is 12.0. The maximum absolute atomic E-state index is 8.81. The summed E-state index contributed by atoms with van der Waals surface area (Å²) in [7, 11) is 0. The van der Waals surface area contributed by atoms with E-state index >= 15 is 0 Å². The molecule has 0 aliphatic heterocycles. The van der Waals surface area contributed by atoms with E-state index in [0.717, 1.165) is 19.0 Å². The molecule has 0 amide bonds. The number of nitrogens with zero attached hydrogens (tertiary/aromatic N) is 1. The molecular formula is C23H51NO. The van der Waals surface area contributed by atoms with Crippen molar-refractivity contribution in [2.45, 2.75) is 125 Å². The lowest BCUT2D eigenvalue weighted by Gasteiger charge is -2.26. The van der Waals surface area contributed by atoms with Gasteiger partial charge in [-0.05, 0) is 32.7 Å². The minimum atomic E-state index is 0.274. The number of hydrogen-bond acceptors (Lipinski definition) is 2. The molecule has 0 bridgehead atoms. The molecule has 0 atom stereocenters. The van der Waals surface area contributed by atoms with E-state index in [0.29, 0.717) is 6.04 Å². The zero-order valence-electron chi connectivity index (χ0n) is 18.7. The lowest BCUT2D eigenvalue weighted by Crippen LogP contribution is -2.34. The van der Waals surface area contributed by atoms with Crippen LogP contribution in [0.5, 0.6) is 0 Å². The standard InChI is InChI=1S/C13H28.C10H23NO/c1-3-5-7-9-11-13-12-10-8-6-4-2;1-9(2)5-6-11(7-8-12)10(3)4/h3-13H2,1-2H3;9-10,12H,5-8H2,1-4H3. The minimum Gasteiger partial charge on any atom is -0.395 e. The van der Waals surface area contributed by atoms with Gasteiger partial charge in [-0.15, -0.1) is 0 Å². The molecule has 0 fully saturated rings. The first-order valence-corrected chi connectivity index (χ1v) is 11.3. The van der Waals surface area contributed by atoms with Gasteiger partial charge in [0.05, 0.1) is 6.61 Å². The molecule has 0 aromatic carbocycles. The molecule has 0 rings (SSSR count). The van der Waals surface area contributed by atoms with Crippen LogP contribution in [0.25, 0.3) is 0 Å². The van der Waals surface area contributed by atoms with Crippen LogP contribution in [0.3, 0.4) is 0 Å². The van der Waals surface area contributed by atoms with Crippen molar-refractivity contribution in [3.63, 3.8) is 0 Å². The molecule has 2 nitrogen and oxygen atoms in total. The number of aliphatic hydroxyl groups is 1. The summed E-state index contributed by atoms with van der Waals surface area (Å²) in [5.74, 6) is 0.755. The van der Waals surface area contributed by atoms with Crippen molar-refractivity contribution < 1.29 is 5.11 Å². The van der Waals surface area contributed by atoms with E-state index in [1.807, 2.05) is 0 Å². The molecule has 0 unspecified atom stereocenters. The SMILES string of the molecule is CC(C)CCN(CCO)C(C)C.CCCCCCCCCCCCC. The molecule has 0 saturated carbocycles. The van der Waals surface area contributed by atoms with Crippen molar-refractivity contribution in [1.29, 1.82) is 0 Å². The largest absolute Gasteiger partial charge is 0.395 e. The molecule has 0 aliphatic carbocycles. The van der Waals surface area contributed by atoms with Gasteiger partial charge in [0, 0.05) is 12.6 Å². The zero-order chi connectivity index (χ0) is 19.3. The van der Waals surface area contributed by atoms with Gasteiger partial charge in [0.15, 0.2) is 0 Å². The second kappa shape index (κ2) is 22.0. The molecule has 2 heteroatoms. The lowest BCUT2D eigenvalue weighted by atomic mass is 10.1.